The standard InChI is InChI=1S/C18H22N4O/c1-12-2-3-14-10-19-15(11-22(12)14)17(23)20-16-13-4-8-21(9-5-13)18(16)6-7-18/h2-3,10-11,13,16H,4-9H2,1H3,(H,20,23)/t16-/m1/s1. The summed E-state index contributed by atoms with van der Waals surface area (Å²) in [5.41, 5.74) is 2.94. The number of piperidine rings is 3. The molecule has 1 N–H and O–H groups in total. The average molecular weight is 310 g/mol. The van der Waals surface area contributed by atoms with Crippen LogP contribution in [0.15, 0.2) is 24.5 Å². The Kier molecular flexibility index (Phi) is 2.69. The molecule has 4 fully saturated rings. The van der Waals surface area contributed by atoms with E-state index < -0.39 is 0 Å². The molecule has 0 unspecified atom stereocenters. The Labute approximate surface area is 135 Å². The normalized spacial score (nSPS) is 30.7. The summed E-state index contributed by atoms with van der Waals surface area (Å²) < 4.78 is 2.03. The molecule has 1 atom stereocenters. The maximum Gasteiger partial charge on any atom is 0.271 e. The first-order valence-corrected chi connectivity index (χ1v) is 8.67. The molecule has 1 amide bonds. The van der Waals surface area contributed by atoms with E-state index in [0.717, 1.165) is 11.2 Å². The minimum atomic E-state index is -0.0231. The van der Waals surface area contributed by atoms with Crippen LogP contribution in [0, 0.1) is 12.8 Å². The molecule has 1 spiro atoms. The first-order valence-electron chi connectivity index (χ1n) is 8.67. The average Bonchev–Trinajstić information content (AvgIpc) is 3.28. The largest absolute Gasteiger partial charge is 0.346 e. The fraction of sp³-hybridized carbons (Fsp3) is 0.556. The van der Waals surface area contributed by atoms with Crippen molar-refractivity contribution >= 4 is 11.4 Å². The first kappa shape index (κ1) is 13.5. The molecule has 3 saturated heterocycles. The summed E-state index contributed by atoms with van der Waals surface area (Å²) in [6.45, 7) is 4.47. The molecular formula is C18H22N4O. The summed E-state index contributed by atoms with van der Waals surface area (Å²) in [6.07, 6.45) is 8.55. The van der Waals surface area contributed by atoms with Gasteiger partial charge in [0.05, 0.1) is 17.8 Å². The molecule has 6 rings (SSSR count). The van der Waals surface area contributed by atoms with Gasteiger partial charge in [0, 0.05) is 17.4 Å². The Morgan fingerprint density at radius 2 is 2.09 bits per heavy atom. The summed E-state index contributed by atoms with van der Waals surface area (Å²) in [5, 5.41) is 3.34. The number of rotatable bonds is 2. The second kappa shape index (κ2) is 4.57. The fourth-order valence-corrected chi connectivity index (χ4v) is 4.80. The molecule has 1 aliphatic carbocycles. The van der Waals surface area contributed by atoms with Crippen LogP contribution in [0.3, 0.4) is 0 Å². The number of aromatic nitrogens is 2. The lowest BCUT2D eigenvalue weighted by Gasteiger charge is -2.52. The van der Waals surface area contributed by atoms with Crippen molar-refractivity contribution in [2.45, 2.75) is 44.2 Å². The molecule has 2 aromatic rings. The van der Waals surface area contributed by atoms with Gasteiger partial charge in [0.2, 0.25) is 0 Å². The quantitative estimate of drug-likeness (QED) is 0.923. The van der Waals surface area contributed by atoms with E-state index >= 15 is 0 Å². The third-order valence-corrected chi connectivity index (χ3v) is 6.24. The zero-order valence-electron chi connectivity index (χ0n) is 13.5. The van der Waals surface area contributed by atoms with Crippen LogP contribution in [0.25, 0.3) is 5.52 Å². The van der Waals surface area contributed by atoms with E-state index in [2.05, 4.69) is 15.2 Å². The summed E-state index contributed by atoms with van der Waals surface area (Å²) in [7, 11) is 0. The maximum absolute atomic E-state index is 12.8. The highest BCUT2D eigenvalue weighted by molar-refractivity contribution is 5.92. The molecule has 2 aromatic heterocycles. The van der Waals surface area contributed by atoms with Crippen LogP contribution in [-0.2, 0) is 0 Å². The van der Waals surface area contributed by atoms with Crippen molar-refractivity contribution in [3.63, 3.8) is 0 Å². The van der Waals surface area contributed by atoms with Gasteiger partial charge in [0.25, 0.3) is 5.91 Å². The van der Waals surface area contributed by atoms with E-state index in [1.165, 1.54) is 38.8 Å². The van der Waals surface area contributed by atoms with Gasteiger partial charge in [-0.15, -0.1) is 0 Å². The van der Waals surface area contributed by atoms with Crippen LogP contribution < -0.4 is 5.32 Å². The van der Waals surface area contributed by atoms with Crippen LogP contribution >= 0.6 is 0 Å². The van der Waals surface area contributed by atoms with Gasteiger partial charge in [0.1, 0.15) is 5.69 Å². The van der Waals surface area contributed by atoms with Crippen LogP contribution in [0.4, 0.5) is 0 Å². The zero-order chi connectivity index (χ0) is 15.6. The number of aryl methyl sites for hydroxylation is 1. The number of carbonyl (C=O) groups is 1. The second-order valence-electron chi connectivity index (χ2n) is 7.42. The van der Waals surface area contributed by atoms with Crippen molar-refractivity contribution in [2.75, 3.05) is 13.1 Å². The predicted molar refractivity (Wildman–Crippen MR) is 87.4 cm³/mol. The molecule has 5 heterocycles. The number of amides is 1. The molecule has 2 bridgehead atoms. The summed E-state index contributed by atoms with van der Waals surface area (Å²) in [6, 6.07) is 4.38. The number of hydrogen-bond donors (Lipinski definition) is 1. The summed E-state index contributed by atoms with van der Waals surface area (Å²) >= 11 is 0. The number of nitrogens with one attached hydrogen (secondary N) is 1. The van der Waals surface area contributed by atoms with Gasteiger partial charge in [0.15, 0.2) is 0 Å². The lowest BCUT2D eigenvalue weighted by atomic mass is 9.77. The van der Waals surface area contributed by atoms with E-state index in [-0.39, 0.29) is 11.4 Å². The van der Waals surface area contributed by atoms with E-state index in [4.69, 9.17) is 0 Å². The molecule has 120 valence electrons. The molecule has 5 heteroatoms. The van der Waals surface area contributed by atoms with Gasteiger partial charge >= 0.3 is 0 Å². The third kappa shape index (κ3) is 1.89. The SMILES string of the molecule is Cc1ccc2cnc(C(=O)N[C@@H]3C4CCN(CC4)C34CC4)cn12. The number of hydrogen-bond acceptors (Lipinski definition) is 3. The lowest BCUT2D eigenvalue weighted by molar-refractivity contribution is -0.00153. The van der Waals surface area contributed by atoms with Gasteiger partial charge in [-0.2, -0.15) is 0 Å². The van der Waals surface area contributed by atoms with Crippen molar-refractivity contribution in [3.8, 4) is 0 Å². The Balaban J connectivity index is 1.43. The molecule has 1 saturated carbocycles. The molecule has 23 heavy (non-hydrogen) atoms. The van der Waals surface area contributed by atoms with Crippen LogP contribution in [0.5, 0.6) is 0 Å². The van der Waals surface area contributed by atoms with Crippen LogP contribution in [-0.4, -0.2) is 44.9 Å². The first-order chi connectivity index (χ1) is 11.2. The highest BCUT2D eigenvalue weighted by atomic mass is 16.2. The molecule has 0 aromatic carbocycles. The maximum atomic E-state index is 12.8. The van der Waals surface area contributed by atoms with Gasteiger partial charge < -0.3 is 9.72 Å². The van der Waals surface area contributed by atoms with Gasteiger partial charge in [-0.3, -0.25) is 9.69 Å². The number of fused-ring (bicyclic) bond motifs is 3. The minimum absolute atomic E-state index is 0.0231. The van der Waals surface area contributed by atoms with E-state index in [1.54, 1.807) is 6.20 Å². The third-order valence-electron chi connectivity index (χ3n) is 6.24. The van der Waals surface area contributed by atoms with E-state index in [0.29, 0.717) is 17.7 Å². The molecule has 4 aliphatic rings. The van der Waals surface area contributed by atoms with Crippen molar-refractivity contribution in [1.29, 1.82) is 0 Å². The minimum Gasteiger partial charge on any atom is -0.346 e. The van der Waals surface area contributed by atoms with Gasteiger partial charge in [-0.25, -0.2) is 4.98 Å². The van der Waals surface area contributed by atoms with Crippen LogP contribution in [0.1, 0.15) is 41.9 Å². The smallest absolute Gasteiger partial charge is 0.271 e. The van der Waals surface area contributed by atoms with Crippen molar-refractivity contribution < 1.29 is 4.79 Å². The lowest BCUT2D eigenvalue weighted by Crippen LogP contribution is -2.65. The second-order valence-corrected chi connectivity index (χ2v) is 7.42. The highest BCUT2D eigenvalue weighted by Crippen LogP contribution is 2.53. The van der Waals surface area contributed by atoms with E-state index in [1.807, 2.05) is 29.7 Å². The van der Waals surface area contributed by atoms with Gasteiger partial charge in [-0.1, -0.05) is 0 Å². The highest BCUT2D eigenvalue weighted by Gasteiger charge is 2.60. The van der Waals surface area contributed by atoms with E-state index in [9.17, 15) is 4.79 Å². The molecule has 5 nitrogen and oxygen atoms in total. The van der Waals surface area contributed by atoms with Crippen molar-refractivity contribution in [1.82, 2.24) is 19.6 Å². The monoisotopic (exact) mass is 310 g/mol. The molecular weight excluding hydrogens is 288 g/mol. The zero-order valence-corrected chi connectivity index (χ0v) is 13.5. The Morgan fingerprint density at radius 3 is 2.83 bits per heavy atom. The summed E-state index contributed by atoms with van der Waals surface area (Å²) in [5.74, 6) is 0.619. The number of carbonyl (C=O) groups excluding carboxylic acids is 1. The topological polar surface area (TPSA) is 49.6 Å². The Bertz CT molecular complexity index is 783. The van der Waals surface area contributed by atoms with Crippen molar-refractivity contribution in [3.05, 3.63) is 35.9 Å². The van der Waals surface area contributed by atoms with Crippen LogP contribution in [0.2, 0.25) is 0 Å². The molecule has 3 aliphatic heterocycles. The summed E-state index contributed by atoms with van der Waals surface area (Å²) in [4.78, 5) is 19.8. The van der Waals surface area contributed by atoms with Gasteiger partial charge in [-0.05, 0) is 63.7 Å². The van der Waals surface area contributed by atoms with Crippen molar-refractivity contribution in [2.24, 2.45) is 5.92 Å². The number of nitrogens with zero attached hydrogens (tertiary/aromatic N) is 3. The Morgan fingerprint density at radius 1 is 1.30 bits per heavy atom. The molecule has 0 radical (unpaired) electrons. The fourth-order valence-electron chi connectivity index (χ4n) is 4.80. The predicted octanol–water partition coefficient (Wildman–Crippen LogP) is 2.00. The Hall–Kier alpha value is -1.88.